The van der Waals surface area contributed by atoms with Gasteiger partial charge < -0.3 is 14.8 Å². The summed E-state index contributed by atoms with van der Waals surface area (Å²) in [5.74, 6) is 1.16. The van der Waals surface area contributed by atoms with Gasteiger partial charge in [0.25, 0.3) is 0 Å². The van der Waals surface area contributed by atoms with Crippen LogP contribution in [-0.2, 0) is 4.79 Å². The van der Waals surface area contributed by atoms with Crippen molar-refractivity contribution in [2.75, 3.05) is 19.5 Å². The number of aromatic nitrogens is 4. The molecule has 1 atom stereocenters. The van der Waals surface area contributed by atoms with Gasteiger partial charge in [0.2, 0.25) is 11.1 Å². The Kier molecular flexibility index (Phi) is 6.15. The average molecular weight is 399 g/mol. The Bertz CT molecular complexity index is 976. The van der Waals surface area contributed by atoms with Gasteiger partial charge in [0.05, 0.1) is 19.5 Å². The molecule has 0 saturated carbocycles. The fourth-order valence-electron chi connectivity index (χ4n) is 2.53. The number of benzene rings is 2. The van der Waals surface area contributed by atoms with Crippen molar-refractivity contribution in [1.29, 1.82) is 0 Å². The van der Waals surface area contributed by atoms with Crippen LogP contribution in [0.2, 0.25) is 0 Å². The number of aryl methyl sites for hydroxylation is 1. The summed E-state index contributed by atoms with van der Waals surface area (Å²) in [7, 11) is 3.17. The zero-order chi connectivity index (χ0) is 20.1. The fraction of sp³-hybridized carbons (Fsp3) is 0.263. The summed E-state index contributed by atoms with van der Waals surface area (Å²) < 4.78 is 12.2. The van der Waals surface area contributed by atoms with E-state index in [9.17, 15) is 4.79 Å². The number of amides is 1. The molecule has 0 spiro atoms. The molecule has 1 N–H and O–H groups in total. The number of methoxy groups -OCH3 is 2. The molecule has 1 aromatic heterocycles. The summed E-state index contributed by atoms with van der Waals surface area (Å²) in [5.41, 5.74) is 2.43. The van der Waals surface area contributed by atoms with Crippen molar-refractivity contribution in [3.05, 3.63) is 48.0 Å². The first-order valence-electron chi connectivity index (χ1n) is 8.56. The molecule has 8 nitrogen and oxygen atoms in total. The lowest BCUT2D eigenvalue weighted by Crippen LogP contribution is -2.23. The van der Waals surface area contributed by atoms with Crippen LogP contribution >= 0.6 is 11.8 Å². The van der Waals surface area contributed by atoms with E-state index >= 15 is 0 Å². The smallest absolute Gasteiger partial charge is 0.237 e. The second-order valence-corrected chi connectivity index (χ2v) is 7.34. The highest BCUT2D eigenvalue weighted by Gasteiger charge is 2.21. The van der Waals surface area contributed by atoms with Crippen molar-refractivity contribution in [2.24, 2.45) is 0 Å². The standard InChI is InChI=1S/C19H21N5O3S/c1-12-8-9-17(27-4)16(10-12)24-19(21-22-23-24)28-13(2)18(25)20-14-6-5-7-15(11-14)26-3/h5-11,13H,1-4H3,(H,20,25)/t13-/m1/s1. The third-order valence-corrected chi connectivity index (χ3v) is 5.03. The van der Waals surface area contributed by atoms with E-state index in [4.69, 9.17) is 9.47 Å². The normalized spacial score (nSPS) is 11.7. The number of ether oxygens (including phenoxy) is 2. The molecule has 0 radical (unpaired) electrons. The van der Waals surface area contributed by atoms with Crippen molar-refractivity contribution in [2.45, 2.75) is 24.3 Å². The Labute approximate surface area is 167 Å². The van der Waals surface area contributed by atoms with Gasteiger partial charge in [0.1, 0.15) is 17.2 Å². The van der Waals surface area contributed by atoms with E-state index in [0.29, 0.717) is 22.3 Å². The third-order valence-electron chi connectivity index (χ3n) is 3.99. The fourth-order valence-corrected chi connectivity index (χ4v) is 3.33. The lowest BCUT2D eigenvalue weighted by atomic mass is 10.2. The van der Waals surface area contributed by atoms with E-state index in [-0.39, 0.29) is 5.91 Å². The Balaban J connectivity index is 1.77. The molecule has 2 aromatic carbocycles. The molecule has 1 amide bonds. The van der Waals surface area contributed by atoms with Gasteiger partial charge in [-0.3, -0.25) is 4.79 Å². The number of thioether (sulfide) groups is 1. The molecule has 3 rings (SSSR count). The lowest BCUT2D eigenvalue weighted by molar-refractivity contribution is -0.115. The minimum atomic E-state index is -0.424. The number of tetrazole rings is 1. The first-order chi connectivity index (χ1) is 13.5. The molecular weight excluding hydrogens is 378 g/mol. The van der Waals surface area contributed by atoms with Crippen LogP contribution in [0.3, 0.4) is 0 Å². The quantitative estimate of drug-likeness (QED) is 0.610. The number of hydrogen-bond acceptors (Lipinski definition) is 7. The Morgan fingerprint density at radius 3 is 2.75 bits per heavy atom. The zero-order valence-electron chi connectivity index (χ0n) is 16.0. The maximum atomic E-state index is 12.6. The van der Waals surface area contributed by atoms with Crippen LogP contribution in [0.1, 0.15) is 12.5 Å². The highest BCUT2D eigenvalue weighted by molar-refractivity contribution is 8.00. The van der Waals surface area contributed by atoms with Gasteiger partial charge in [-0.2, -0.15) is 4.68 Å². The minimum absolute atomic E-state index is 0.163. The van der Waals surface area contributed by atoms with Gasteiger partial charge in [0.15, 0.2) is 0 Å². The molecule has 0 fully saturated rings. The SMILES string of the molecule is COc1cccc(NC(=O)[C@@H](C)Sc2nnnn2-c2cc(C)ccc2OC)c1. The van der Waals surface area contributed by atoms with Crippen molar-refractivity contribution >= 4 is 23.4 Å². The monoisotopic (exact) mass is 399 g/mol. The maximum absolute atomic E-state index is 12.6. The second kappa shape index (κ2) is 8.75. The molecule has 146 valence electrons. The summed E-state index contributed by atoms with van der Waals surface area (Å²) in [5, 5.41) is 14.8. The van der Waals surface area contributed by atoms with E-state index < -0.39 is 5.25 Å². The molecule has 0 aliphatic rings. The predicted molar refractivity (Wildman–Crippen MR) is 107 cm³/mol. The van der Waals surface area contributed by atoms with Crippen LogP contribution in [0.4, 0.5) is 5.69 Å². The number of rotatable bonds is 7. The number of carbonyl (C=O) groups is 1. The van der Waals surface area contributed by atoms with Gasteiger partial charge in [-0.25, -0.2) is 0 Å². The number of nitrogens with one attached hydrogen (secondary N) is 1. The van der Waals surface area contributed by atoms with Crippen molar-refractivity contribution in [3.8, 4) is 17.2 Å². The van der Waals surface area contributed by atoms with Crippen LogP contribution in [-0.4, -0.2) is 45.6 Å². The highest BCUT2D eigenvalue weighted by Crippen LogP contribution is 2.29. The van der Waals surface area contributed by atoms with Gasteiger partial charge in [0, 0.05) is 11.8 Å². The van der Waals surface area contributed by atoms with Crippen LogP contribution in [0.25, 0.3) is 5.69 Å². The Morgan fingerprint density at radius 1 is 1.18 bits per heavy atom. The van der Waals surface area contributed by atoms with Gasteiger partial charge >= 0.3 is 0 Å². The topological polar surface area (TPSA) is 91.2 Å². The summed E-state index contributed by atoms with van der Waals surface area (Å²) in [6, 6.07) is 12.9. The summed E-state index contributed by atoms with van der Waals surface area (Å²) in [4.78, 5) is 12.6. The van der Waals surface area contributed by atoms with Gasteiger partial charge in [-0.15, -0.1) is 5.10 Å². The molecule has 1 heterocycles. The molecule has 0 bridgehead atoms. The maximum Gasteiger partial charge on any atom is 0.237 e. The Morgan fingerprint density at radius 2 is 2.00 bits per heavy atom. The average Bonchev–Trinajstić information content (AvgIpc) is 3.15. The molecule has 0 aliphatic carbocycles. The van der Waals surface area contributed by atoms with Crippen LogP contribution in [0.15, 0.2) is 47.6 Å². The highest BCUT2D eigenvalue weighted by atomic mass is 32.2. The number of hydrogen-bond donors (Lipinski definition) is 1. The molecular formula is C19H21N5O3S. The van der Waals surface area contributed by atoms with Crippen molar-refractivity contribution in [3.63, 3.8) is 0 Å². The lowest BCUT2D eigenvalue weighted by Gasteiger charge is -2.13. The zero-order valence-corrected chi connectivity index (χ0v) is 16.9. The first kappa shape index (κ1) is 19.7. The number of carbonyl (C=O) groups excluding carboxylic acids is 1. The van der Waals surface area contributed by atoms with E-state index in [2.05, 4.69) is 20.8 Å². The second-order valence-electron chi connectivity index (χ2n) is 6.03. The predicted octanol–water partition coefficient (Wildman–Crippen LogP) is 3.11. The van der Waals surface area contributed by atoms with Crippen LogP contribution in [0.5, 0.6) is 11.5 Å². The minimum Gasteiger partial charge on any atom is -0.497 e. The van der Waals surface area contributed by atoms with Gasteiger partial charge in [-0.05, 0) is 54.1 Å². The van der Waals surface area contributed by atoms with Crippen LogP contribution < -0.4 is 14.8 Å². The van der Waals surface area contributed by atoms with Gasteiger partial charge in [-0.1, -0.05) is 23.9 Å². The number of nitrogens with zero attached hydrogens (tertiary/aromatic N) is 4. The van der Waals surface area contributed by atoms with Crippen molar-refractivity contribution in [1.82, 2.24) is 20.2 Å². The molecule has 28 heavy (non-hydrogen) atoms. The molecule has 3 aromatic rings. The molecule has 0 unspecified atom stereocenters. The first-order valence-corrected chi connectivity index (χ1v) is 9.44. The van der Waals surface area contributed by atoms with E-state index in [1.807, 2.05) is 37.3 Å². The molecule has 9 heteroatoms. The molecule has 0 saturated heterocycles. The summed E-state index contributed by atoms with van der Waals surface area (Å²) in [6.45, 7) is 3.77. The number of anilines is 1. The van der Waals surface area contributed by atoms with Crippen molar-refractivity contribution < 1.29 is 14.3 Å². The largest absolute Gasteiger partial charge is 0.497 e. The third kappa shape index (κ3) is 4.42. The van der Waals surface area contributed by atoms with E-state index in [0.717, 1.165) is 11.3 Å². The van der Waals surface area contributed by atoms with Crippen LogP contribution in [0, 0.1) is 6.92 Å². The summed E-state index contributed by atoms with van der Waals surface area (Å²) in [6.07, 6.45) is 0. The molecule has 0 aliphatic heterocycles. The van der Waals surface area contributed by atoms with E-state index in [1.165, 1.54) is 11.8 Å². The Hall–Kier alpha value is -3.07. The van der Waals surface area contributed by atoms with E-state index in [1.54, 1.807) is 38.0 Å². The summed E-state index contributed by atoms with van der Waals surface area (Å²) >= 11 is 1.26.